The van der Waals surface area contributed by atoms with Crippen LogP contribution >= 0.6 is 0 Å². The number of carbonyl (C=O) groups is 2. The summed E-state index contributed by atoms with van der Waals surface area (Å²) < 4.78 is 31.4. The highest BCUT2D eigenvalue weighted by molar-refractivity contribution is 7.89. The molecule has 2 fully saturated rings. The predicted octanol–water partition coefficient (Wildman–Crippen LogP) is 2.19. The van der Waals surface area contributed by atoms with E-state index in [4.69, 9.17) is 4.74 Å². The van der Waals surface area contributed by atoms with E-state index in [0.717, 1.165) is 12.8 Å². The van der Waals surface area contributed by atoms with Gasteiger partial charge in [-0.2, -0.15) is 0 Å². The molecule has 2 N–H and O–H groups in total. The Morgan fingerprint density at radius 2 is 1.72 bits per heavy atom. The summed E-state index contributed by atoms with van der Waals surface area (Å²) in [6.07, 6.45) is 3.13. The molecule has 160 valence electrons. The number of carbonyl (C=O) groups excluding carboxylic acids is 2. The Labute approximate surface area is 172 Å². The number of hydrogen-bond acceptors (Lipinski definition) is 5. The summed E-state index contributed by atoms with van der Waals surface area (Å²) in [4.78, 5) is 24.7. The van der Waals surface area contributed by atoms with Gasteiger partial charge in [0.1, 0.15) is 6.10 Å². The van der Waals surface area contributed by atoms with E-state index in [1.165, 1.54) is 4.31 Å². The summed E-state index contributed by atoms with van der Waals surface area (Å²) in [5, 5.41) is 5.67. The molecule has 9 heteroatoms. The van der Waals surface area contributed by atoms with Crippen molar-refractivity contribution < 1.29 is 22.7 Å². The molecule has 0 spiro atoms. The molecule has 0 radical (unpaired) electrons. The van der Waals surface area contributed by atoms with E-state index in [9.17, 15) is 18.0 Å². The van der Waals surface area contributed by atoms with Crippen LogP contribution in [-0.2, 0) is 24.3 Å². The van der Waals surface area contributed by atoms with Crippen molar-refractivity contribution in [1.29, 1.82) is 0 Å². The number of rotatable bonds is 7. The fourth-order valence-corrected chi connectivity index (χ4v) is 5.27. The Hall–Kier alpha value is -1.97. The van der Waals surface area contributed by atoms with E-state index in [-0.39, 0.29) is 30.0 Å². The van der Waals surface area contributed by atoms with Gasteiger partial charge in [0.25, 0.3) is 5.91 Å². The monoisotopic (exact) mass is 423 g/mol. The van der Waals surface area contributed by atoms with Crippen LogP contribution in [0, 0.1) is 5.92 Å². The van der Waals surface area contributed by atoms with Gasteiger partial charge in [0, 0.05) is 31.1 Å². The highest BCUT2D eigenvalue weighted by Crippen LogP contribution is 2.22. The standard InChI is InChI=1S/C20H29N3O5S/c1-2-13-29(26,27)23-11-3-5-15(14-23)19(24)21-16-7-9-17(10-8-16)22-20(25)18-6-4-12-28-18/h7-10,15,18H,2-6,11-14H2,1H3,(H,21,24)(H,22,25)/t15-,18+/m0/s1. The van der Waals surface area contributed by atoms with E-state index in [0.29, 0.717) is 43.8 Å². The first-order valence-electron chi connectivity index (χ1n) is 10.2. The topological polar surface area (TPSA) is 105 Å². The molecular formula is C20H29N3O5S. The zero-order chi connectivity index (χ0) is 20.9. The van der Waals surface area contributed by atoms with Gasteiger partial charge in [0.15, 0.2) is 0 Å². The molecule has 2 aliphatic rings. The van der Waals surface area contributed by atoms with Crippen molar-refractivity contribution in [3.8, 4) is 0 Å². The molecular weight excluding hydrogens is 394 g/mol. The van der Waals surface area contributed by atoms with E-state index >= 15 is 0 Å². The Balaban J connectivity index is 1.54. The van der Waals surface area contributed by atoms with Crippen molar-refractivity contribution in [3.63, 3.8) is 0 Å². The minimum Gasteiger partial charge on any atom is -0.368 e. The number of sulfonamides is 1. The Bertz CT molecular complexity index is 819. The lowest BCUT2D eigenvalue weighted by molar-refractivity contribution is -0.124. The Morgan fingerprint density at radius 1 is 1.07 bits per heavy atom. The van der Waals surface area contributed by atoms with E-state index in [1.807, 2.05) is 6.92 Å². The highest BCUT2D eigenvalue weighted by atomic mass is 32.2. The largest absolute Gasteiger partial charge is 0.368 e. The fourth-order valence-electron chi connectivity index (χ4n) is 3.68. The third kappa shape index (κ3) is 5.77. The van der Waals surface area contributed by atoms with Gasteiger partial charge in [-0.1, -0.05) is 6.92 Å². The van der Waals surface area contributed by atoms with Gasteiger partial charge < -0.3 is 15.4 Å². The second-order valence-corrected chi connectivity index (χ2v) is 9.66. The average molecular weight is 424 g/mol. The van der Waals surface area contributed by atoms with Crippen LogP contribution in [0.3, 0.4) is 0 Å². The first-order valence-corrected chi connectivity index (χ1v) is 11.8. The van der Waals surface area contributed by atoms with Crippen LogP contribution in [0.2, 0.25) is 0 Å². The van der Waals surface area contributed by atoms with Crippen molar-refractivity contribution in [2.24, 2.45) is 5.92 Å². The molecule has 2 saturated heterocycles. The van der Waals surface area contributed by atoms with Crippen LogP contribution in [-0.4, -0.2) is 56.1 Å². The lowest BCUT2D eigenvalue weighted by atomic mass is 9.98. The van der Waals surface area contributed by atoms with Crippen LogP contribution in [0.5, 0.6) is 0 Å². The SMILES string of the molecule is CCCS(=O)(=O)N1CCC[C@H](C(=O)Nc2ccc(NC(=O)[C@H]3CCCO3)cc2)C1. The molecule has 29 heavy (non-hydrogen) atoms. The predicted molar refractivity (Wildman–Crippen MR) is 111 cm³/mol. The number of nitrogens with one attached hydrogen (secondary N) is 2. The maximum atomic E-state index is 12.6. The molecule has 0 aliphatic carbocycles. The summed E-state index contributed by atoms with van der Waals surface area (Å²) in [6.45, 7) is 3.15. The van der Waals surface area contributed by atoms with Crippen molar-refractivity contribution in [3.05, 3.63) is 24.3 Å². The summed E-state index contributed by atoms with van der Waals surface area (Å²) in [5.41, 5.74) is 1.25. The number of benzene rings is 1. The lowest BCUT2D eigenvalue weighted by Gasteiger charge is -2.31. The van der Waals surface area contributed by atoms with Crippen LogP contribution in [0.1, 0.15) is 39.0 Å². The maximum absolute atomic E-state index is 12.6. The number of hydrogen-bond donors (Lipinski definition) is 2. The molecule has 1 aromatic carbocycles. The second-order valence-electron chi connectivity index (χ2n) is 7.57. The maximum Gasteiger partial charge on any atom is 0.253 e. The molecule has 8 nitrogen and oxygen atoms in total. The molecule has 2 heterocycles. The smallest absolute Gasteiger partial charge is 0.253 e. The van der Waals surface area contributed by atoms with E-state index in [1.54, 1.807) is 24.3 Å². The summed E-state index contributed by atoms with van der Waals surface area (Å²) in [5.74, 6) is -0.595. The lowest BCUT2D eigenvalue weighted by Crippen LogP contribution is -2.44. The van der Waals surface area contributed by atoms with Crippen molar-refractivity contribution >= 4 is 33.2 Å². The summed E-state index contributed by atoms with van der Waals surface area (Å²) in [7, 11) is -3.29. The summed E-state index contributed by atoms with van der Waals surface area (Å²) >= 11 is 0. The molecule has 2 amide bonds. The zero-order valence-electron chi connectivity index (χ0n) is 16.7. The molecule has 3 rings (SSSR count). The summed E-state index contributed by atoms with van der Waals surface area (Å²) in [6, 6.07) is 6.89. The minimum absolute atomic E-state index is 0.112. The number of piperidine rings is 1. The van der Waals surface area contributed by atoms with Crippen molar-refractivity contribution in [1.82, 2.24) is 4.31 Å². The number of nitrogens with zero attached hydrogens (tertiary/aromatic N) is 1. The van der Waals surface area contributed by atoms with Crippen LogP contribution in [0.25, 0.3) is 0 Å². The van der Waals surface area contributed by atoms with Gasteiger partial charge in [-0.05, 0) is 56.4 Å². The van der Waals surface area contributed by atoms with Gasteiger partial charge in [0.05, 0.1) is 11.7 Å². The first-order chi connectivity index (χ1) is 13.9. The molecule has 1 aromatic rings. The van der Waals surface area contributed by atoms with Crippen LogP contribution in [0.15, 0.2) is 24.3 Å². The zero-order valence-corrected chi connectivity index (χ0v) is 17.5. The Morgan fingerprint density at radius 3 is 2.31 bits per heavy atom. The molecule has 0 unspecified atom stereocenters. The molecule has 0 saturated carbocycles. The third-order valence-corrected chi connectivity index (χ3v) is 7.30. The van der Waals surface area contributed by atoms with E-state index < -0.39 is 16.1 Å². The van der Waals surface area contributed by atoms with Gasteiger partial charge in [0.2, 0.25) is 15.9 Å². The van der Waals surface area contributed by atoms with Crippen molar-refractivity contribution in [2.75, 3.05) is 36.1 Å². The van der Waals surface area contributed by atoms with Gasteiger partial charge in [-0.3, -0.25) is 9.59 Å². The van der Waals surface area contributed by atoms with Gasteiger partial charge in [-0.25, -0.2) is 12.7 Å². The Kier molecular flexibility index (Phi) is 7.26. The molecule has 2 aliphatic heterocycles. The second kappa shape index (κ2) is 9.69. The van der Waals surface area contributed by atoms with Gasteiger partial charge in [-0.15, -0.1) is 0 Å². The third-order valence-electron chi connectivity index (χ3n) is 5.25. The number of anilines is 2. The minimum atomic E-state index is -3.29. The quantitative estimate of drug-likeness (QED) is 0.700. The van der Waals surface area contributed by atoms with E-state index in [2.05, 4.69) is 10.6 Å². The average Bonchev–Trinajstić information content (AvgIpc) is 3.24. The number of amides is 2. The van der Waals surface area contributed by atoms with Crippen LogP contribution in [0.4, 0.5) is 11.4 Å². The molecule has 2 atom stereocenters. The fraction of sp³-hybridized carbons (Fsp3) is 0.600. The van der Waals surface area contributed by atoms with Crippen molar-refractivity contribution in [2.45, 2.75) is 45.1 Å². The molecule has 0 bridgehead atoms. The highest BCUT2D eigenvalue weighted by Gasteiger charge is 2.31. The normalized spacial score (nSPS) is 22.9. The first kappa shape index (κ1) is 21.7. The molecule has 0 aromatic heterocycles. The number of ether oxygens (including phenoxy) is 1. The van der Waals surface area contributed by atoms with Crippen LogP contribution < -0.4 is 10.6 Å². The van der Waals surface area contributed by atoms with Gasteiger partial charge >= 0.3 is 0 Å².